The molecular weight excluding hydrogens is 219 g/mol. The van der Waals surface area contributed by atoms with E-state index in [1.165, 1.54) is 32.3 Å². The predicted octanol–water partition coefficient (Wildman–Crippen LogP) is 4.81. The van der Waals surface area contributed by atoms with Gasteiger partial charge in [0, 0.05) is 12.3 Å². The topological polar surface area (TPSA) is 37.3 Å². The van der Waals surface area contributed by atoms with Crippen LogP contribution in [-0.2, 0) is 4.57 Å². The molecule has 0 saturated heterocycles. The SMILES string of the molecule is CCCCCCCC(CCCC)P(C)(=O)O. The highest BCUT2D eigenvalue weighted by Gasteiger charge is 2.24. The zero-order chi connectivity index (χ0) is 12.4. The summed E-state index contributed by atoms with van der Waals surface area (Å²) in [5, 5.41) is 0. The van der Waals surface area contributed by atoms with E-state index in [2.05, 4.69) is 13.8 Å². The van der Waals surface area contributed by atoms with Crippen LogP contribution in [0.3, 0.4) is 0 Å². The van der Waals surface area contributed by atoms with Gasteiger partial charge in [-0.05, 0) is 12.8 Å². The van der Waals surface area contributed by atoms with Gasteiger partial charge in [0.25, 0.3) is 0 Å². The maximum Gasteiger partial charge on any atom is 0.200 e. The lowest BCUT2D eigenvalue weighted by atomic mass is 10.1. The molecule has 0 rings (SSSR count). The first-order chi connectivity index (χ1) is 7.52. The van der Waals surface area contributed by atoms with Gasteiger partial charge in [-0.1, -0.05) is 58.8 Å². The maximum atomic E-state index is 11.7. The Bertz CT molecular complexity index is 198. The molecule has 0 aromatic carbocycles. The van der Waals surface area contributed by atoms with Crippen molar-refractivity contribution in [3.05, 3.63) is 0 Å². The van der Waals surface area contributed by atoms with E-state index in [-0.39, 0.29) is 5.66 Å². The zero-order valence-electron chi connectivity index (χ0n) is 11.2. The molecule has 16 heavy (non-hydrogen) atoms. The van der Waals surface area contributed by atoms with Crippen molar-refractivity contribution in [2.24, 2.45) is 0 Å². The summed E-state index contributed by atoms with van der Waals surface area (Å²) in [6, 6.07) is 0. The van der Waals surface area contributed by atoms with Crippen LogP contribution in [0, 0.1) is 0 Å². The van der Waals surface area contributed by atoms with E-state index >= 15 is 0 Å². The Hall–Kier alpha value is 0.190. The van der Waals surface area contributed by atoms with Crippen LogP contribution in [0.2, 0.25) is 0 Å². The molecule has 0 aliphatic heterocycles. The van der Waals surface area contributed by atoms with Gasteiger partial charge < -0.3 is 4.89 Å². The fourth-order valence-corrected chi connectivity index (χ4v) is 3.37. The first kappa shape index (κ1) is 16.2. The third-order valence-electron chi connectivity index (χ3n) is 3.21. The van der Waals surface area contributed by atoms with E-state index in [0.717, 1.165) is 32.1 Å². The van der Waals surface area contributed by atoms with Crippen molar-refractivity contribution in [1.29, 1.82) is 0 Å². The molecular formula is C13H29O2P. The zero-order valence-corrected chi connectivity index (χ0v) is 12.1. The molecule has 1 N–H and O–H groups in total. The summed E-state index contributed by atoms with van der Waals surface area (Å²) < 4.78 is 11.7. The summed E-state index contributed by atoms with van der Waals surface area (Å²) in [4.78, 5) is 9.66. The molecule has 0 fully saturated rings. The molecule has 0 heterocycles. The van der Waals surface area contributed by atoms with E-state index in [4.69, 9.17) is 0 Å². The summed E-state index contributed by atoms with van der Waals surface area (Å²) in [5.74, 6) is 0. The summed E-state index contributed by atoms with van der Waals surface area (Å²) >= 11 is 0. The van der Waals surface area contributed by atoms with Crippen LogP contribution in [-0.4, -0.2) is 17.2 Å². The van der Waals surface area contributed by atoms with Crippen LogP contribution in [0.25, 0.3) is 0 Å². The summed E-state index contributed by atoms with van der Waals surface area (Å²) in [6.45, 7) is 5.87. The van der Waals surface area contributed by atoms with Crippen LogP contribution in [0.1, 0.15) is 71.6 Å². The fourth-order valence-electron chi connectivity index (χ4n) is 2.05. The standard InChI is InChI=1S/C13H29O2P/c1-4-6-8-9-10-12-13(11-7-5-2)16(3,14)15/h13H,4-12H2,1-3H3,(H,14,15). The molecule has 3 heteroatoms. The van der Waals surface area contributed by atoms with Crippen LogP contribution in [0.5, 0.6) is 0 Å². The van der Waals surface area contributed by atoms with Gasteiger partial charge in [0.2, 0.25) is 7.37 Å². The van der Waals surface area contributed by atoms with Gasteiger partial charge in [-0.2, -0.15) is 0 Å². The second-order valence-electron chi connectivity index (χ2n) is 4.94. The number of hydrogen-bond donors (Lipinski definition) is 1. The average molecular weight is 248 g/mol. The van der Waals surface area contributed by atoms with Gasteiger partial charge in [-0.25, -0.2) is 0 Å². The Balaban J connectivity index is 3.80. The first-order valence-electron chi connectivity index (χ1n) is 6.82. The Morgan fingerprint density at radius 2 is 1.44 bits per heavy atom. The van der Waals surface area contributed by atoms with Crippen molar-refractivity contribution in [3.63, 3.8) is 0 Å². The summed E-state index contributed by atoms with van der Waals surface area (Å²) in [7, 11) is -2.86. The first-order valence-corrected chi connectivity index (χ1v) is 8.99. The van der Waals surface area contributed by atoms with E-state index in [9.17, 15) is 9.46 Å². The molecule has 2 atom stereocenters. The monoisotopic (exact) mass is 248 g/mol. The van der Waals surface area contributed by atoms with Crippen molar-refractivity contribution >= 4 is 7.37 Å². The fraction of sp³-hybridized carbons (Fsp3) is 1.00. The normalized spacial score (nSPS) is 17.0. The summed E-state index contributed by atoms with van der Waals surface area (Å²) in [5.41, 5.74) is 0.0501. The van der Waals surface area contributed by atoms with Gasteiger partial charge in [-0.3, -0.25) is 4.57 Å². The Morgan fingerprint density at radius 1 is 0.938 bits per heavy atom. The van der Waals surface area contributed by atoms with E-state index in [1.54, 1.807) is 0 Å². The van der Waals surface area contributed by atoms with Gasteiger partial charge in [0.05, 0.1) is 0 Å². The highest BCUT2D eigenvalue weighted by atomic mass is 31.2. The lowest BCUT2D eigenvalue weighted by Gasteiger charge is -2.19. The second kappa shape index (κ2) is 9.24. The highest BCUT2D eigenvalue weighted by molar-refractivity contribution is 7.57. The third kappa shape index (κ3) is 8.35. The van der Waals surface area contributed by atoms with Gasteiger partial charge >= 0.3 is 0 Å². The maximum absolute atomic E-state index is 11.7. The molecule has 0 aliphatic rings. The quantitative estimate of drug-likeness (QED) is 0.445. The van der Waals surface area contributed by atoms with Crippen molar-refractivity contribution < 1.29 is 9.46 Å². The molecule has 0 aromatic heterocycles. The number of rotatable bonds is 10. The van der Waals surface area contributed by atoms with Crippen LogP contribution in [0.4, 0.5) is 0 Å². The minimum atomic E-state index is -2.86. The lowest BCUT2D eigenvalue weighted by Crippen LogP contribution is -2.08. The Kier molecular flexibility index (Phi) is 9.35. The van der Waals surface area contributed by atoms with Crippen molar-refractivity contribution in [2.45, 2.75) is 77.3 Å². The molecule has 2 nitrogen and oxygen atoms in total. The minimum Gasteiger partial charge on any atom is -0.344 e. The minimum absolute atomic E-state index is 0.0501. The van der Waals surface area contributed by atoms with Crippen molar-refractivity contribution in [2.75, 3.05) is 6.66 Å². The molecule has 0 bridgehead atoms. The molecule has 2 unspecified atom stereocenters. The summed E-state index contributed by atoms with van der Waals surface area (Å²) in [6.07, 6.45) is 10.2. The Labute approximate surface area is 101 Å². The van der Waals surface area contributed by atoms with Crippen molar-refractivity contribution in [1.82, 2.24) is 0 Å². The largest absolute Gasteiger partial charge is 0.344 e. The van der Waals surface area contributed by atoms with Crippen LogP contribution in [0.15, 0.2) is 0 Å². The Morgan fingerprint density at radius 3 is 1.94 bits per heavy atom. The van der Waals surface area contributed by atoms with E-state index < -0.39 is 7.37 Å². The smallest absolute Gasteiger partial charge is 0.200 e. The average Bonchev–Trinajstić information content (AvgIpc) is 2.20. The van der Waals surface area contributed by atoms with Crippen molar-refractivity contribution in [3.8, 4) is 0 Å². The molecule has 0 spiro atoms. The van der Waals surface area contributed by atoms with Gasteiger partial charge in [-0.15, -0.1) is 0 Å². The molecule has 0 aliphatic carbocycles. The molecule has 0 amide bonds. The third-order valence-corrected chi connectivity index (χ3v) is 5.08. The van der Waals surface area contributed by atoms with Crippen LogP contribution < -0.4 is 0 Å². The molecule has 0 aromatic rings. The number of hydrogen-bond acceptors (Lipinski definition) is 1. The number of unbranched alkanes of at least 4 members (excludes halogenated alkanes) is 5. The molecule has 98 valence electrons. The van der Waals surface area contributed by atoms with E-state index in [1.807, 2.05) is 0 Å². The van der Waals surface area contributed by atoms with Gasteiger partial charge in [0.15, 0.2) is 0 Å². The predicted molar refractivity (Wildman–Crippen MR) is 72.4 cm³/mol. The van der Waals surface area contributed by atoms with Gasteiger partial charge in [0.1, 0.15) is 0 Å². The highest BCUT2D eigenvalue weighted by Crippen LogP contribution is 2.46. The lowest BCUT2D eigenvalue weighted by molar-refractivity contribution is 0.448. The second-order valence-corrected chi connectivity index (χ2v) is 7.56. The van der Waals surface area contributed by atoms with E-state index in [0.29, 0.717) is 0 Å². The van der Waals surface area contributed by atoms with Crippen LogP contribution >= 0.6 is 7.37 Å². The molecule has 0 radical (unpaired) electrons. The molecule has 0 saturated carbocycles.